The van der Waals surface area contributed by atoms with Gasteiger partial charge in [-0.2, -0.15) is 10.5 Å². The summed E-state index contributed by atoms with van der Waals surface area (Å²) in [6.07, 6.45) is 0. The molecule has 9 aromatic carbocycles. The molecule has 11 aromatic rings. The number of rotatable bonds is 8. The Morgan fingerprint density at radius 1 is 0.424 bits per heavy atom. The molecule has 0 radical (unpaired) electrons. The van der Waals surface area contributed by atoms with Crippen LogP contribution in [0.3, 0.4) is 0 Å². The predicted molar refractivity (Wildman–Crippen MR) is 272 cm³/mol. The molecular formula is C60H46N4O2. The number of anilines is 6. The number of hydrogen-bond acceptors (Lipinski definition) is 6. The Kier molecular flexibility index (Phi) is 9.64. The van der Waals surface area contributed by atoms with Crippen molar-refractivity contribution in [2.24, 2.45) is 0 Å². The molecule has 11 rings (SSSR count). The average molecular weight is 855 g/mol. The van der Waals surface area contributed by atoms with Crippen LogP contribution in [0.15, 0.2) is 167 Å². The van der Waals surface area contributed by atoms with Gasteiger partial charge in [0.2, 0.25) is 0 Å². The largest absolute Gasteiger partial charge is 0.454 e. The smallest absolute Gasteiger partial charge is 0.158 e. The molecule has 0 saturated heterocycles. The molecule has 0 aliphatic rings. The molecule has 66 heavy (non-hydrogen) atoms. The minimum atomic E-state index is 0.271. The minimum absolute atomic E-state index is 0.271. The third-order valence-corrected chi connectivity index (χ3v) is 13.3. The van der Waals surface area contributed by atoms with Gasteiger partial charge in [-0.05, 0) is 142 Å². The Morgan fingerprint density at radius 3 is 1.21 bits per heavy atom. The zero-order valence-corrected chi connectivity index (χ0v) is 37.8. The van der Waals surface area contributed by atoms with Crippen molar-refractivity contribution >= 4 is 99.5 Å². The van der Waals surface area contributed by atoms with Crippen molar-refractivity contribution in [3.05, 3.63) is 191 Å². The van der Waals surface area contributed by atoms with Gasteiger partial charge in [-0.25, -0.2) is 0 Å². The maximum Gasteiger partial charge on any atom is 0.158 e. The van der Waals surface area contributed by atoms with E-state index in [0.717, 1.165) is 66.4 Å². The summed E-state index contributed by atoms with van der Waals surface area (Å²) >= 11 is 0. The van der Waals surface area contributed by atoms with Crippen molar-refractivity contribution in [2.75, 3.05) is 9.80 Å². The summed E-state index contributed by atoms with van der Waals surface area (Å²) in [4.78, 5) is 4.68. The molecule has 0 bridgehead atoms. The van der Waals surface area contributed by atoms with E-state index in [-0.39, 0.29) is 5.56 Å². The highest BCUT2D eigenvalue weighted by atomic mass is 16.3. The lowest BCUT2D eigenvalue weighted by atomic mass is 9.95. The van der Waals surface area contributed by atoms with E-state index in [2.05, 4.69) is 209 Å². The molecular weight excluding hydrogens is 809 g/mol. The number of furan rings is 2. The maximum atomic E-state index is 11.0. The molecule has 6 heteroatoms. The standard InChI is InChI=1S/C60H46N4O2/c1-35(2)45-17-9-13-21-53(45)63(51-19-11-7-15-37(51)5)43-25-23-39-29-47-55(31-41(39)27-43)65-59-50(34-62)60-58(49(33-61)57(47)59)48-30-40-24-26-44(28-42(40)32-56(48)66-60)64(52-20-12-8-16-38(52)6)54-22-14-10-18-46(54)36(3)4/h7-32,35-36H,1-6H3. The van der Waals surface area contributed by atoms with Crippen LogP contribution in [0.2, 0.25) is 0 Å². The van der Waals surface area contributed by atoms with Gasteiger partial charge in [0.05, 0.1) is 5.56 Å². The second kappa shape index (κ2) is 15.7. The number of fused-ring (bicyclic) bond motifs is 8. The van der Waals surface area contributed by atoms with E-state index >= 15 is 0 Å². The van der Waals surface area contributed by atoms with Crippen molar-refractivity contribution in [1.29, 1.82) is 10.5 Å². The lowest BCUT2D eigenvalue weighted by Gasteiger charge is -2.30. The highest BCUT2D eigenvalue weighted by Crippen LogP contribution is 2.47. The summed E-state index contributed by atoms with van der Waals surface area (Å²) in [7, 11) is 0. The van der Waals surface area contributed by atoms with Gasteiger partial charge in [0.15, 0.2) is 11.2 Å². The number of aryl methyl sites for hydroxylation is 2. The van der Waals surface area contributed by atoms with Crippen LogP contribution in [-0.2, 0) is 0 Å². The monoisotopic (exact) mass is 854 g/mol. The zero-order chi connectivity index (χ0) is 45.4. The quantitative estimate of drug-likeness (QED) is 0.151. The van der Waals surface area contributed by atoms with E-state index in [4.69, 9.17) is 8.83 Å². The minimum Gasteiger partial charge on any atom is -0.454 e. The van der Waals surface area contributed by atoms with E-state index < -0.39 is 0 Å². The van der Waals surface area contributed by atoms with Crippen LogP contribution in [-0.4, -0.2) is 0 Å². The number of hydrogen-bond donors (Lipinski definition) is 0. The van der Waals surface area contributed by atoms with Gasteiger partial charge in [-0.1, -0.05) is 113 Å². The van der Waals surface area contributed by atoms with Crippen LogP contribution in [0.25, 0.3) is 65.4 Å². The summed E-state index contributed by atoms with van der Waals surface area (Å²) < 4.78 is 13.3. The summed E-state index contributed by atoms with van der Waals surface area (Å²) in [5.41, 5.74) is 13.9. The Morgan fingerprint density at radius 2 is 0.818 bits per heavy atom. The molecule has 6 nitrogen and oxygen atoms in total. The summed E-state index contributed by atoms with van der Waals surface area (Å²) in [6, 6.07) is 60.3. The summed E-state index contributed by atoms with van der Waals surface area (Å²) in [5.74, 6) is 0.629. The Hall–Kier alpha value is -8.32. The van der Waals surface area contributed by atoms with Gasteiger partial charge in [-0.15, -0.1) is 0 Å². The zero-order valence-electron chi connectivity index (χ0n) is 37.8. The summed E-state index contributed by atoms with van der Waals surface area (Å²) in [6.45, 7) is 13.2. The number of nitriles is 2. The molecule has 2 aromatic heterocycles. The highest BCUT2D eigenvalue weighted by molar-refractivity contribution is 6.24. The van der Waals surface area contributed by atoms with Crippen molar-refractivity contribution in [1.82, 2.24) is 0 Å². The molecule has 2 heterocycles. The molecule has 0 atom stereocenters. The first-order valence-corrected chi connectivity index (χ1v) is 22.6. The lowest BCUT2D eigenvalue weighted by molar-refractivity contribution is 0.654. The van der Waals surface area contributed by atoms with E-state index in [1.807, 2.05) is 12.1 Å². The average Bonchev–Trinajstić information content (AvgIpc) is 3.88. The second-order valence-electron chi connectivity index (χ2n) is 18.0. The Labute approximate surface area is 383 Å². The van der Waals surface area contributed by atoms with Gasteiger partial charge >= 0.3 is 0 Å². The normalized spacial score (nSPS) is 11.7. The van der Waals surface area contributed by atoms with Crippen molar-refractivity contribution in [3.8, 4) is 12.1 Å². The van der Waals surface area contributed by atoms with E-state index in [1.165, 1.54) is 22.3 Å². The third kappa shape index (κ3) is 6.37. The van der Waals surface area contributed by atoms with Crippen LogP contribution in [0.4, 0.5) is 34.1 Å². The molecule has 318 valence electrons. The van der Waals surface area contributed by atoms with Gasteiger partial charge in [0.1, 0.15) is 28.9 Å². The van der Waals surface area contributed by atoms with Crippen molar-refractivity contribution in [2.45, 2.75) is 53.4 Å². The Bertz CT molecular complexity index is 3620. The molecule has 0 fully saturated rings. The SMILES string of the molecule is Cc1ccccc1N(c1ccc2cc3c(cc2c1)oc1c(C#N)c2oc4cc5cc(N(c6ccccc6C)c6ccccc6C(C)C)ccc5cc4c2c(C#N)c13)c1ccccc1C(C)C. The number of benzene rings is 9. The lowest BCUT2D eigenvalue weighted by Crippen LogP contribution is -2.13. The summed E-state index contributed by atoms with van der Waals surface area (Å²) in [5, 5.41) is 28.6. The van der Waals surface area contributed by atoms with Crippen LogP contribution in [0, 0.1) is 36.5 Å². The first-order chi connectivity index (χ1) is 32.1. The Balaban J connectivity index is 1.08. The van der Waals surface area contributed by atoms with Gasteiger partial charge < -0.3 is 18.6 Å². The molecule has 0 saturated carbocycles. The highest BCUT2D eigenvalue weighted by Gasteiger charge is 2.27. The first kappa shape index (κ1) is 40.5. The van der Waals surface area contributed by atoms with E-state index in [9.17, 15) is 10.5 Å². The van der Waals surface area contributed by atoms with Crippen LogP contribution >= 0.6 is 0 Å². The molecule has 0 amide bonds. The third-order valence-electron chi connectivity index (χ3n) is 13.3. The fourth-order valence-corrected chi connectivity index (χ4v) is 10.0. The number of para-hydroxylation sites is 4. The number of nitrogens with zero attached hydrogens (tertiary/aromatic N) is 4. The molecule has 0 aliphatic heterocycles. The fourth-order valence-electron chi connectivity index (χ4n) is 10.0. The molecule has 0 unspecified atom stereocenters. The van der Waals surface area contributed by atoms with Crippen LogP contribution < -0.4 is 9.80 Å². The topological polar surface area (TPSA) is 80.3 Å². The van der Waals surface area contributed by atoms with Crippen molar-refractivity contribution in [3.63, 3.8) is 0 Å². The van der Waals surface area contributed by atoms with Crippen LogP contribution in [0.5, 0.6) is 0 Å². The molecule has 0 N–H and O–H groups in total. The van der Waals surface area contributed by atoms with Crippen LogP contribution in [0.1, 0.15) is 72.9 Å². The van der Waals surface area contributed by atoms with Crippen molar-refractivity contribution < 1.29 is 8.83 Å². The van der Waals surface area contributed by atoms with Gasteiger partial charge in [0.25, 0.3) is 0 Å². The molecule has 0 spiro atoms. The van der Waals surface area contributed by atoms with Gasteiger partial charge in [0, 0.05) is 55.7 Å². The van der Waals surface area contributed by atoms with E-state index in [0.29, 0.717) is 50.5 Å². The van der Waals surface area contributed by atoms with Gasteiger partial charge in [-0.3, -0.25) is 0 Å². The maximum absolute atomic E-state index is 11.0. The first-order valence-electron chi connectivity index (χ1n) is 22.6. The fraction of sp³-hybridized carbons (Fsp3) is 0.133. The van der Waals surface area contributed by atoms with E-state index in [1.54, 1.807) is 0 Å². The second-order valence-corrected chi connectivity index (χ2v) is 18.0. The predicted octanol–water partition coefficient (Wildman–Crippen LogP) is 17.3. The molecule has 0 aliphatic carbocycles.